The van der Waals surface area contributed by atoms with Crippen molar-refractivity contribution < 1.29 is 9.47 Å². The Morgan fingerprint density at radius 2 is 2.03 bits per heavy atom. The van der Waals surface area contributed by atoms with Gasteiger partial charge in [-0.3, -0.25) is 4.90 Å². The van der Waals surface area contributed by atoms with Crippen molar-refractivity contribution in [1.29, 1.82) is 0 Å². The summed E-state index contributed by atoms with van der Waals surface area (Å²) in [4.78, 5) is 14.8. The molecule has 0 atom stereocenters. The largest absolute Gasteiger partial charge is 0.476 e. The lowest BCUT2D eigenvalue weighted by Gasteiger charge is -2.26. The van der Waals surface area contributed by atoms with Crippen LogP contribution in [0.1, 0.15) is 24.0 Å². The second kappa shape index (κ2) is 8.85. The summed E-state index contributed by atoms with van der Waals surface area (Å²) < 4.78 is 11.3. The molecule has 3 aromatic rings. The van der Waals surface area contributed by atoms with Gasteiger partial charge in [-0.25, -0.2) is 4.98 Å². The number of hydrogen-bond acceptors (Lipinski definition) is 6. The molecule has 0 bridgehead atoms. The van der Waals surface area contributed by atoms with Crippen molar-refractivity contribution in [2.24, 2.45) is 0 Å². The summed E-state index contributed by atoms with van der Waals surface area (Å²) in [5, 5.41) is 4.60. The third-order valence-corrected chi connectivity index (χ3v) is 5.43. The monoisotopic (exact) mass is 407 g/mol. The van der Waals surface area contributed by atoms with E-state index in [0.29, 0.717) is 24.1 Å². The molecule has 7 nitrogen and oxygen atoms in total. The number of nitrogens with zero attached hydrogens (tertiary/aromatic N) is 3. The minimum Gasteiger partial charge on any atom is -0.476 e. The summed E-state index contributed by atoms with van der Waals surface area (Å²) in [5.41, 5.74) is 5.34. The highest BCUT2D eigenvalue weighted by atomic mass is 16.5. The predicted molar refractivity (Wildman–Crippen MR) is 121 cm³/mol. The van der Waals surface area contributed by atoms with Gasteiger partial charge in [0.2, 0.25) is 5.88 Å². The number of fused-ring (bicyclic) bond motifs is 1. The Morgan fingerprint density at radius 3 is 2.80 bits per heavy atom. The molecule has 2 aromatic heterocycles. The van der Waals surface area contributed by atoms with Crippen LogP contribution < -0.4 is 10.1 Å². The number of anilines is 2. The van der Waals surface area contributed by atoms with Gasteiger partial charge in [0.25, 0.3) is 0 Å². The van der Waals surface area contributed by atoms with Crippen molar-refractivity contribution in [2.75, 3.05) is 44.8 Å². The number of aryl methyl sites for hydroxylation is 2. The Morgan fingerprint density at radius 1 is 1.23 bits per heavy atom. The van der Waals surface area contributed by atoms with Crippen molar-refractivity contribution in [3.63, 3.8) is 0 Å². The zero-order valence-corrected chi connectivity index (χ0v) is 17.9. The molecule has 0 saturated carbocycles. The van der Waals surface area contributed by atoms with Gasteiger partial charge in [-0.05, 0) is 50.1 Å². The highest BCUT2D eigenvalue weighted by Gasteiger charge is 2.12. The van der Waals surface area contributed by atoms with Crippen LogP contribution in [0.25, 0.3) is 16.5 Å². The van der Waals surface area contributed by atoms with Crippen LogP contribution in [0.15, 0.2) is 30.8 Å². The first-order valence-electron chi connectivity index (χ1n) is 10.3. The lowest BCUT2D eigenvalue weighted by atomic mass is 10.1. The molecule has 1 aromatic carbocycles. The Hall–Kier alpha value is -2.90. The molecule has 0 unspecified atom stereocenters. The van der Waals surface area contributed by atoms with Gasteiger partial charge in [-0.1, -0.05) is 6.58 Å². The van der Waals surface area contributed by atoms with Gasteiger partial charge < -0.3 is 19.8 Å². The smallest absolute Gasteiger partial charge is 0.219 e. The van der Waals surface area contributed by atoms with Crippen molar-refractivity contribution in [3.05, 3.63) is 47.9 Å². The number of aromatic nitrogens is 3. The lowest BCUT2D eigenvalue weighted by Crippen LogP contribution is -2.38. The van der Waals surface area contributed by atoms with E-state index in [1.54, 1.807) is 0 Å². The van der Waals surface area contributed by atoms with Gasteiger partial charge in [-0.15, -0.1) is 0 Å². The zero-order chi connectivity index (χ0) is 21.1. The highest BCUT2D eigenvalue weighted by molar-refractivity contribution is 5.88. The van der Waals surface area contributed by atoms with Crippen LogP contribution in [0.5, 0.6) is 5.88 Å². The molecule has 1 aliphatic heterocycles. The van der Waals surface area contributed by atoms with Crippen LogP contribution >= 0.6 is 0 Å². The molecule has 3 heterocycles. The number of benzene rings is 1. The van der Waals surface area contributed by atoms with E-state index < -0.39 is 0 Å². The topological polar surface area (TPSA) is 75.3 Å². The zero-order valence-electron chi connectivity index (χ0n) is 17.9. The maximum atomic E-state index is 5.95. The van der Waals surface area contributed by atoms with Crippen LogP contribution in [-0.2, 0) is 4.74 Å². The van der Waals surface area contributed by atoms with Gasteiger partial charge in [0, 0.05) is 48.0 Å². The molecule has 7 heteroatoms. The molecule has 0 spiro atoms. The SMILES string of the molecule is C=C(C)c1nc(Nc2ccc3[nH]c(C)c(C)c3c2)cc(OCCN2CCOCC2)n1. The Labute approximate surface area is 177 Å². The number of ether oxygens (including phenoxy) is 2. The Bertz CT molecular complexity index is 1050. The van der Waals surface area contributed by atoms with E-state index in [4.69, 9.17) is 9.47 Å². The standard InChI is InChI=1S/C23H29N5O2/c1-15(2)23-26-21(14-22(27-23)30-12-9-28-7-10-29-11-8-28)25-18-5-6-20-19(13-18)16(3)17(4)24-20/h5-6,13-14,24H,1,7-12H2,2-4H3,(H,25,26,27). The number of aromatic amines is 1. The van der Waals surface area contributed by atoms with Gasteiger partial charge in [0.05, 0.1) is 13.2 Å². The van der Waals surface area contributed by atoms with Crippen molar-refractivity contribution in [3.8, 4) is 5.88 Å². The number of hydrogen-bond donors (Lipinski definition) is 2. The fraction of sp³-hybridized carbons (Fsp3) is 0.391. The first kappa shape index (κ1) is 20.4. The molecule has 1 saturated heterocycles. The summed E-state index contributed by atoms with van der Waals surface area (Å²) in [6.07, 6.45) is 0. The van der Waals surface area contributed by atoms with E-state index in [-0.39, 0.29) is 0 Å². The van der Waals surface area contributed by atoms with Gasteiger partial charge in [0.1, 0.15) is 12.4 Å². The maximum Gasteiger partial charge on any atom is 0.219 e. The van der Waals surface area contributed by atoms with Crippen molar-refractivity contribution in [1.82, 2.24) is 19.9 Å². The normalized spacial score (nSPS) is 14.8. The quantitative estimate of drug-likeness (QED) is 0.615. The molecule has 0 amide bonds. The van der Waals surface area contributed by atoms with Crippen LogP contribution in [0.2, 0.25) is 0 Å². The molecule has 4 rings (SSSR count). The first-order chi connectivity index (χ1) is 14.5. The molecular weight excluding hydrogens is 378 g/mol. The fourth-order valence-electron chi connectivity index (χ4n) is 3.54. The lowest BCUT2D eigenvalue weighted by molar-refractivity contribution is 0.0320. The minimum atomic E-state index is 0.550. The van der Waals surface area contributed by atoms with E-state index in [1.807, 2.05) is 19.1 Å². The molecule has 2 N–H and O–H groups in total. The molecule has 1 aliphatic rings. The Balaban J connectivity index is 1.50. The summed E-state index contributed by atoms with van der Waals surface area (Å²) in [7, 11) is 0. The van der Waals surface area contributed by atoms with E-state index in [9.17, 15) is 0 Å². The Kier molecular flexibility index (Phi) is 6.01. The molecule has 0 radical (unpaired) electrons. The summed E-state index contributed by atoms with van der Waals surface area (Å²) >= 11 is 0. The average molecular weight is 408 g/mol. The highest BCUT2D eigenvalue weighted by Crippen LogP contribution is 2.27. The van der Waals surface area contributed by atoms with Crippen LogP contribution in [0.4, 0.5) is 11.5 Å². The number of rotatable bonds is 7. The molecule has 1 fully saturated rings. The van der Waals surface area contributed by atoms with E-state index in [1.165, 1.54) is 16.6 Å². The molecular formula is C23H29N5O2. The maximum absolute atomic E-state index is 5.95. The van der Waals surface area contributed by atoms with E-state index >= 15 is 0 Å². The molecule has 158 valence electrons. The first-order valence-corrected chi connectivity index (χ1v) is 10.3. The average Bonchev–Trinajstić information content (AvgIpc) is 3.02. The second-order valence-corrected chi connectivity index (χ2v) is 7.76. The second-order valence-electron chi connectivity index (χ2n) is 7.76. The summed E-state index contributed by atoms with van der Waals surface area (Å²) in [6.45, 7) is 15.0. The van der Waals surface area contributed by atoms with Crippen LogP contribution in [0.3, 0.4) is 0 Å². The van der Waals surface area contributed by atoms with Crippen molar-refractivity contribution in [2.45, 2.75) is 20.8 Å². The van der Waals surface area contributed by atoms with Crippen molar-refractivity contribution >= 4 is 28.0 Å². The number of nitrogens with one attached hydrogen (secondary N) is 2. The fourth-order valence-corrected chi connectivity index (χ4v) is 3.54. The minimum absolute atomic E-state index is 0.550. The number of allylic oxidation sites excluding steroid dienone is 1. The number of H-pyrrole nitrogens is 1. The van der Waals surface area contributed by atoms with Gasteiger partial charge >= 0.3 is 0 Å². The van der Waals surface area contributed by atoms with E-state index in [2.05, 4.69) is 57.7 Å². The summed E-state index contributed by atoms with van der Waals surface area (Å²) in [6, 6.07) is 8.10. The number of morpholine rings is 1. The molecule has 0 aliphatic carbocycles. The van der Waals surface area contributed by atoms with Crippen LogP contribution in [-0.4, -0.2) is 59.3 Å². The third-order valence-electron chi connectivity index (χ3n) is 5.43. The summed E-state index contributed by atoms with van der Waals surface area (Å²) in [5.74, 6) is 1.82. The van der Waals surface area contributed by atoms with Gasteiger partial charge in [-0.2, -0.15) is 4.98 Å². The third kappa shape index (κ3) is 4.63. The van der Waals surface area contributed by atoms with Crippen LogP contribution in [0, 0.1) is 13.8 Å². The van der Waals surface area contributed by atoms with E-state index in [0.717, 1.165) is 49.6 Å². The predicted octanol–water partition coefficient (Wildman–Crippen LogP) is 4.06. The van der Waals surface area contributed by atoms with Gasteiger partial charge in [0.15, 0.2) is 5.82 Å². The molecule has 30 heavy (non-hydrogen) atoms.